The van der Waals surface area contributed by atoms with Crippen LogP contribution in [0.25, 0.3) is 11.4 Å². The van der Waals surface area contributed by atoms with E-state index in [1.54, 1.807) is 37.6 Å². The summed E-state index contributed by atoms with van der Waals surface area (Å²) >= 11 is 6.06. The summed E-state index contributed by atoms with van der Waals surface area (Å²) in [5.74, 6) is 0.765. The van der Waals surface area contributed by atoms with E-state index in [1.165, 1.54) is 4.90 Å². The number of carbonyl (C=O) groups is 1. The van der Waals surface area contributed by atoms with Gasteiger partial charge in [0.15, 0.2) is 0 Å². The topological polar surface area (TPSA) is 84.2 Å². The van der Waals surface area contributed by atoms with Crippen molar-refractivity contribution in [2.75, 3.05) is 12.4 Å². The zero-order valence-electron chi connectivity index (χ0n) is 13.7. The maximum atomic E-state index is 12.3. The first-order valence-electron chi connectivity index (χ1n) is 7.54. The maximum Gasteiger partial charge on any atom is 0.322 e. The van der Waals surface area contributed by atoms with E-state index < -0.39 is 0 Å². The van der Waals surface area contributed by atoms with Gasteiger partial charge in [0.1, 0.15) is 6.54 Å². The van der Waals surface area contributed by atoms with E-state index in [9.17, 15) is 4.79 Å². The lowest BCUT2D eigenvalue weighted by atomic mass is 10.2. The van der Waals surface area contributed by atoms with Crippen LogP contribution < -0.4 is 5.32 Å². The molecule has 2 amide bonds. The SMILES string of the molecule is Cc1ccc(NC(=O)N(C)Cc2nc(-c3cccnc3)no2)cc1Cl. The van der Waals surface area contributed by atoms with E-state index in [0.717, 1.165) is 11.1 Å². The number of anilines is 1. The van der Waals surface area contributed by atoms with Gasteiger partial charge in [-0.15, -0.1) is 0 Å². The Morgan fingerprint density at radius 3 is 2.92 bits per heavy atom. The Hall–Kier alpha value is -2.93. The number of benzene rings is 1. The minimum absolute atomic E-state index is 0.179. The van der Waals surface area contributed by atoms with Crippen LogP contribution in [-0.2, 0) is 6.54 Å². The molecule has 0 bridgehead atoms. The van der Waals surface area contributed by atoms with Crippen LogP contribution in [0, 0.1) is 6.92 Å². The van der Waals surface area contributed by atoms with Crippen molar-refractivity contribution >= 4 is 23.3 Å². The van der Waals surface area contributed by atoms with Crippen molar-refractivity contribution in [2.24, 2.45) is 0 Å². The van der Waals surface area contributed by atoms with Gasteiger partial charge in [-0.05, 0) is 36.8 Å². The fourth-order valence-electron chi connectivity index (χ4n) is 2.10. The summed E-state index contributed by atoms with van der Waals surface area (Å²) in [7, 11) is 1.64. The zero-order valence-corrected chi connectivity index (χ0v) is 14.5. The number of pyridine rings is 1. The van der Waals surface area contributed by atoms with E-state index in [0.29, 0.717) is 22.4 Å². The lowest BCUT2D eigenvalue weighted by Gasteiger charge is -2.16. The van der Waals surface area contributed by atoms with E-state index in [4.69, 9.17) is 16.1 Å². The average molecular weight is 358 g/mol. The number of aryl methyl sites for hydroxylation is 1. The molecule has 0 aliphatic rings. The van der Waals surface area contributed by atoms with Gasteiger partial charge in [-0.3, -0.25) is 4.98 Å². The molecule has 1 aromatic carbocycles. The molecule has 3 rings (SSSR count). The quantitative estimate of drug-likeness (QED) is 0.768. The summed E-state index contributed by atoms with van der Waals surface area (Å²) < 4.78 is 5.19. The Morgan fingerprint density at radius 1 is 1.36 bits per heavy atom. The largest absolute Gasteiger partial charge is 0.337 e. The highest BCUT2D eigenvalue weighted by atomic mass is 35.5. The summed E-state index contributed by atoms with van der Waals surface area (Å²) in [6, 6.07) is 8.66. The van der Waals surface area contributed by atoms with E-state index in [-0.39, 0.29) is 12.6 Å². The van der Waals surface area contributed by atoms with Gasteiger partial charge in [-0.2, -0.15) is 4.98 Å². The van der Waals surface area contributed by atoms with Crippen LogP contribution >= 0.6 is 11.6 Å². The highest BCUT2D eigenvalue weighted by Crippen LogP contribution is 2.20. The molecule has 0 spiro atoms. The Kier molecular flexibility index (Phi) is 4.95. The Morgan fingerprint density at radius 2 is 2.20 bits per heavy atom. The third-order valence-corrected chi connectivity index (χ3v) is 3.94. The Labute approximate surface area is 149 Å². The van der Waals surface area contributed by atoms with Crippen LogP contribution in [0.5, 0.6) is 0 Å². The number of hydrogen-bond acceptors (Lipinski definition) is 5. The summed E-state index contributed by atoms with van der Waals surface area (Å²) in [6.07, 6.45) is 3.31. The Balaban J connectivity index is 1.63. The molecule has 8 heteroatoms. The Bertz CT molecular complexity index is 882. The minimum atomic E-state index is -0.305. The van der Waals surface area contributed by atoms with Crippen LogP contribution in [0.2, 0.25) is 5.02 Å². The second kappa shape index (κ2) is 7.31. The lowest BCUT2D eigenvalue weighted by molar-refractivity contribution is 0.213. The smallest absolute Gasteiger partial charge is 0.322 e. The molecule has 0 atom stereocenters. The molecule has 0 saturated heterocycles. The van der Waals surface area contributed by atoms with Crippen molar-refractivity contribution in [3.05, 3.63) is 59.2 Å². The van der Waals surface area contributed by atoms with Gasteiger partial charge in [0.05, 0.1) is 0 Å². The molecule has 2 heterocycles. The number of hydrogen-bond donors (Lipinski definition) is 1. The third-order valence-electron chi connectivity index (χ3n) is 3.53. The van der Waals surface area contributed by atoms with Crippen LogP contribution in [0.3, 0.4) is 0 Å². The number of halogens is 1. The second-order valence-electron chi connectivity index (χ2n) is 5.50. The minimum Gasteiger partial charge on any atom is -0.337 e. The number of urea groups is 1. The molecule has 0 aliphatic carbocycles. The molecule has 0 unspecified atom stereocenters. The van der Waals surface area contributed by atoms with Crippen molar-refractivity contribution < 1.29 is 9.32 Å². The molecule has 0 radical (unpaired) electrons. The highest BCUT2D eigenvalue weighted by Gasteiger charge is 2.15. The summed E-state index contributed by atoms with van der Waals surface area (Å²) in [6.45, 7) is 2.08. The van der Waals surface area contributed by atoms with Gasteiger partial charge in [0.25, 0.3) is 0 Å². The van der Waals surface area contributed by atoms with Gasteiger partial charge >= 0.3 is 6.03 Å². The number of rotatable bonds is 4. The molecule has 7 nitrogen and oxygen atoms in total. The predicted molar refractivity (Wildman–Crippen MR) is 94.2 cm³/mol. The van der Waals surface area contributed by atoms with E-state index in [2.05, 4.69) is 20.4 Å². The number of nitrogens with one attached hydrogen (secondary N) is 1. The zero-order chi connectivity index (χ0) is 17.8. The molecule has 2 aromatic heterocycles. The van der Waals surface area contributed by atoms with Gasteiger partial charge in [-0.1, -0.05) is 22.8 Å². The molecular formula is C17H16ClN5O2. The molecule has 0 aliphatic heterocycles. The van der Waals surface area contributed by atoms with Crippen LogP contribution in [0.1, 0.15) is 11.5 Å². The molecule has 128 valence electrons. The van der Waals surface area contributed by atoms with Gasteiger partial charge < -0.3 is 14.7 Å². The number of nitrogens with zero attached hydrogens (tertiary/aromatic N) is 4. The molecule has 0 saturated carbocycles. The normalized spacial score (nSPS) is 10.5. The fourth-order valence-corrected chi connectivity index (χ4v) is 2.28. The molecule has 0 fully saturated rings. The van der Waals surface area contributed by atoms with Crippen molar-refractivity contribution in [3.8, 4) is 11.4 Å². The first kappa shape index (κ1) is 16.9. The van der Waals surface area contributed by atoms with Crippen molar-refractivity contribution in [3.63, 3.8) is 0 Å². The average Bonchev–Trinajstić information content (AvgIpc) is 3.07. The molecular weight excluding hydrogens is 342 g/mol. The monoisotopic (exact) mass is 357 g/mol. The summed E-state index contributed by atoms with van der Waals surface area (Å²) in [5, 5.41) is 7.27. The highest BCUT2D eigenvalue weighted by molar-refractivity contribution is 6.31. The van der Waals surface area contributed by atoms with Crippen LogP contribution in [0.4, 0.5) is 10.5 Å². The lowest BCUT2D eigenvalue weighted by Crippen LogP contribution is -2.30. The van der Waals surface area contributed by atoms with E-state index >= 15 is 0 Å². The number of amides is 2. The first-order valence-corrected chi connectivity index (χ1v) is 7.92. The molecule has 25 heavy (non-hydrogen) atoms. The van der Waals surface area contributed by atoms with Crippen molar-refractivity contribution in [1.82, 2.24) is 20.0 Å². The summed E-state index contributed by atoms with van der Waals surface area (Å²) in [5.41, 5.74) is 2.31. The van der Waals surface area contributed by atoms with Crippen LogP contribution in [-0.4, -0.2) is 33.1 Å². The third kappa shape index (κ3) is 4.13. The van der Waals surface area contributed by atoms with Gasteiger partial charge in [0, 0.05) is 35.7 Å². The van der Waals surface area contributed by atoms with Crippen LogP contribution in [0.15, 0.2) is 47.2 Å². The predicted octanol–water partition coefficient (Wildman–Crippen LogP) is 3.76. The summed E-state index contributed by atoms with van der Waals surface area (Å²) in [4.78, 5) is 22.0. The number of aromatic nitrogens is 3. The standard InChI is InChI=1S/C17H16ClN5O2/c1-11-5-6-13(8-14(11)18)20-17(24)23(2)10-15-21-16(22-25-15)12-4-3-7-19-9-12/h3-9H,10H2,1-2H3,(H,20,24). The fraction of sp³-hybridized carbons (Fsp3) is 0.176. The maximum absolute atomic E-state index is 12.3. The van der Waals surface area contributed by atoms with Crippen molar-refractivity contribution in [2.45, 2.75) is 13.5 Å². The van der Waals surface area contributed by atoms with Gasteiger partial charge in [0.2, 0.25) is 11.7 Å². The first-order chi connectivity index (χ1) is 12.0. The second-order valence-corrected chi connectivity index (χ2v) is 5.91. The van der Waals surface area contributed by atoms with E-state index in [1.807, 2.05) is 19.1 Å². The number of carbonyl (C=O) groups excluding carboxylic acids is 1. The van der Waals surface area contributed by atoms with Gasteiger partial charge in [-0.25, -0.2) is 4.79 Å². The van der Waals surface area contributed by atoms with Crippen molar-refractivity contribution in [1.29, 1.82) is 0 Å². The molecule has 1 N–H and O–H groups in total. The molecule has 3 aromatic rings.